The number of carbonyl (C=O) groups excluding carboxylic acids is 1. The van der Waals surface area contributed by atoms with Crippen molar-refractivity contribution in [2.24, 2.45) is 0 Å². The van der Waals surface area contributed by atoms with Crippen molar-refractivity contribution in [3.8, 4) is 11.5 Å². The fourth-order valence-electron chi connectivity index (χ4n) is 5.60. The number of phenolic OH excluding ortho intramolecular Hbond substituents is 2. The van der Waals surface area contributed by atoms with E-state index >= 15 is 0 Å². The number of carbonyl (C=O) groups is 2. The van der Waals surface area contributed by atoms with Crippen molar-refractivity contribution in [2.75, 3.05) is 0 Å². The second-order valence-electron chi connectivity index (χ2n) is 8.97. The lowest BCUT2D eigenvalue weighted by Gasteiger charge is -2.38. The first-order valence-electron chi connectivity index (χ1n) is 12.3. The highest BCUT2D eigenvalue weighted by atomic mass is 79.9. The normalized spacial score (nSPS) is 13.9. The van der Waals surface area contributed by atoms with Crippen LogP contribution in [0.2, 0.25) is 0 Å². The van der Waals surface area contributed by atoms with Crippen LogP contribution in [0.1, 0.15) is 87.4 Å². The lowest BCUT2D eigenvalue weighted by molar-refractivity contribution is 0.0240. The molecule has 0 spiro atoms. The highest BCUT2D eigenvalue weighted by Gasteiger charge is 2.53. The molecule has 37 heavy (non-hydrogen) atoms. The second-order valence-corrected chi connectivity index (χ2v) is 10.7. The topological polar surface area (TPSA) is 104 Å². The average Bonchev–Trinajstić information content (AvgIpc) is 3.15. The van der Waals surface area contributed by atoms with Gasteiger partial charge in [0.25, 0.3) is 0 Å². The Morgan fingerprint density at radius 1 is 0.811 bits per heavy atom. The molecule has 1 aliphatic heterocycles. The summed E-state index contributed by atoms with van der Waals surface area (Å²) in [6.45, 7) is 7.76. The fraction of sp³-hybridized carbons (Fsp3) is 0.310. The summed E-state index contributed by atoms with van der Waals surface area (Å²) in [7, 11) is 0. The van der Waals surface area contributed by atoms with Crippen molar-refractivity contribution in [1.82, 2.24) is 0 Å². The summed E-state index contributed by atoms with van der Waals surface area (Å²) in [4.78, 5) is 25.6. The minimum absolute atomic E-state index is 0.00653. The van der Waals surface area contributed by atoms with Gasteiger partial charge in [-0.3, -0.25) is 0 Å². The van der Waals surface area contributed by atoms with Crippen molar-refractivity contribution in [2.45, 2.75) is 59.0 Å². The van der Waals surface area contributed by atoms with E-state index in [4.69, 9.17) is 4.74 Å². The number of ether oxygens (including phenoxy) is 1. The molecule has 0 unspecified atom stereocenters. The maximum atomic E-state index is 13.5. The van der Waals surface area contributed by atoms with E-state index in [2.05, 4.69) is 31.9 Å². The predicted octanol–water partition coefficient (Wildman–Crippen LogP) is 7.03. The third kappa shape index (κ3) is 4.05. The number of hydrogen-bond acceptors (Lipinski definition) is 5. The molecule has 3 aromatic rings. The molecule has 8 heteroatoms. The number of benzene rings is 3. The van der Waals surface area contributed by atoms with E-state index in [1.807, 2.05) is 27.7 Å². The highest BCUT2D eigenvalue weighted by Crippen LogP contribution is 2.55. The van der Waals surface area contributed by atoms with Crippen LogP contribution < -0.4 is 0 Å². The Balaban J connectivity index is 2.37. The van der Waals surface area contributed by atoms with Crippen LogP contribution in [0.15, 0.2) is 39.3 Å². The van der Waals surface area contributed by atoms with Crippen molar-refractivity contribution in [3.05, 3.63) is 89.3 Å². The van der Waals surface area contributed by atoms with Crippen LogP contribution >= 0.6 is 31.9 Å². The van der Waals surface area contributed by atoms with E-state index in [0.29, 0.717) is 62.4 Å². The Bertz CT molecular complexity index is 1320. The Morgan fingerprint density at radius 2 is 1.27 bits per heavy atom. The lowest BCUT2D eigenvalue weighted by atomic mass is 9.71. The Hall–Kier alpha value is -2.84. The van der Waals surface area contributed by atoms with Crippen molar-refractivity contribution in [1.29, 1.82) is 0 Å². The van der Waals surface area contributed by atoms with Gasteiger partial charge in [0.1, 0.15) is 11.5 Å². The molecule has 6 nitrogen and oxygen atoms in total. The summed E-state index contributed by atoms with van der Waals surface area (Å²) < 4.78 is 7.71. The van der Waals surface area contributed by atoms with E-state index < -0.39 is 17.5 Å². The summed E-state index contributed by atoms with van der Waals surface area (Å²) in [6, 6.07) is 7.63. The van der Waals surface area contributed by atoms with Crippen LogP contribution in [-0.4, -0.2) is 27.3 Å². The van der Waals surface area contributed by atoms with Gasteiger partial charge in [-0.1, -0.05) is 59.6 Å². The molecule has 0 aliphatic carbocycles. The first-order valence-corrected chi connectivity index (χ1v) is 13.8. The molecule has 3 aromatic carbocycles. The fourth-order valence-corrected chi connectivity index (χ4v) is 6.99. The number of hydrogen-bond donors (Lipinski definition) is 3. The van der Waals surface area contributed by atoms with Crippen LogP contribution in [0.5, 0.6) is 11.5 Å². The van der Waals surface area contributed by atoms with E-state index in [0.717, 1.165) is 11.1 Å². The van der Waals surface area contributed by atoms with Gasteiger partial charge in [0.2, 0.25) is 0 Å². The monoisotopic (exact) mass is 630 g/mol. The number of carboxylic acids is 1. The molecule has 0 radical (unpaired) electrons. The van der Waals surface area contributed by atoms with E-state index in [-0.39, 0.29) is 22.6 Å². The third-order valence-corrected chi connectivity index (χ3v) is 8.57. The molecular formula is C29H28Br2O6. The van der Waals surface area contributed by atoms with Crippen molar-refractivity contribution < 1.29 is 29.6 Å². The summed E-state index contributed by atoms with van der Waals surface area (Å²) in [5, 5.41) is 32.1. The van der Waals surface area contributed by atoms with Gasteiger partial charge in [-0.2, -0.15) is 0 Å². The molecular weight excluding hydrogens is 604 g/mol. The Labute approximate surface area is 232 Å². The summed E-state index contributed by atoms with van der Waals surface area (Å²) in [5.41, 5.74) is 3.01. The first-order chi connectivity index (χ1) is 17.6. The van der Waals surface area contributed by atoms with E-state index in [9.17, 15) is 24.9 Å². The van der Waals surface area contributed by atoms with Crippen LogP contribution in [-0.2, 0) is 36.0 Å². The van der Waals surface area contributed by atoms with Gasteiger partial charge in [0.15, 0.2) is 5.60 Å². The summed E-state index contributed by atoms with van der Waals surface area (Å²) in [5.74, 6) is -1.66. The molecule has 1 aliphatic rings. The molecule has 0 bridgehead atoms. The van der Waals surface area contributed by atoms with Gasteiger partial charge in [-0.25, -0.2) is 9.59 Å². The van der Waals surface area contributed by atoms with Crippen LogP contribution in [0.25, 0.3) is 0 Å². The molecule has 0 atom stereocenters. The maximum absolute atomic E-state index is 13.5. The van der Waals surface area contributed by atoms with Gasteiger partial charge in [-0.15, -0.1) is 0 Å². The van der Waals surface area contributed by atoms with Crippen LogP contribution in [0.3, 0.4) is 0 Å². The number of aromatic carboxylic acids is 1. The molecule has 4 rings (SSSR count). The van der Waals surface area contributed by atoms with Gasteiger partial charge >= 0.3 is 11.9 Å². The van der Waals surface area contributed by atoms with Crippen LogP contribution in [0, 0.1) is 0 Å². The maximum Gasteiger partial charge on any atom is 0.340 e. The predicted molar refractivity (Wildman–Crippen MR) is 148 cm³/mol. The number of aromatic hydroxyl groups is 2. The molecule has 0 saturated heterocycles. The molecule has 0 amide bonds. The van der Waals surface area contributed by atoms with Crippen molar-refractivity contribution >= 4 is 43.8 Å². The molecule has 0 saturated carbocycles. The van der Waals surface area contributed by atoms with E-state index in [1.54, 1.807) is 12.1 Å². The zero-order chi connectivity index (χ0) is 27.2. The second kappa shape index (κ2) is 10.1. The lowest BCUT2D eigenvalue weighted by Crippen LogP contribution is -2.35. The number of rotatable bonds is 7. The van der Waals surface area contributed by atoms with Gasteiger partial charge in [0, 0.05) is 36.8 Å². The molecule has 3 N–H and O–H groups in total. The number of halogens is 2. The summed E-state index contributed by atoms with van der Waals surface area (Å²) in [6.07, 6.45) is 1.94. The molecule has 194 valence electrons. The standard InChI is InChI=1S/C29H28Br2O6/c1-5-15-21(30)12-23(32)17(7-3)25(15)29(26-16(6-2)22(31)13-24(33)18(26)8-4)20-11-14(27(34)35)9-10-19(20)28(36)37-29/h9-13,32-33H,5-8H2,1-4H3,(H,34,35). The molecule has 0 aromatic heterocycles. The third-order valence-electron chi connectivity index (χ3n) is 7.16. The van der Waals surface area contributed by atoms with Crippen LogP contribution in [0.4, 0.5) is 0 Å². The summed E-state index contributed by atoms with van der Waals surface area (Å²) >= 11 is 7.21. The van der Waals surface area contributed by atoms with E-state index in [1.165, 1.54) is 18.2 Å². The quantitative estimate of drug-likeness (QED) is 0.242. The smallest absolute Gasteiger partial charge is 0.340 e. The largest absolute Gasteiger partial charge is 0.508 e. The van der Waals surface area contributed by atoms with Gasteiger partial charge in [-0.05, 0) is 67.1 Å². The minimum atomic E-state index is -1.60. The molecule has 1 heterocycles. The van der Waals surface area contributed by atoms with Gasteiger partial charge in [0.05, 0.1) is 11.1 Å². The minimum Gasteiger partial charge on any atom is -0.508 e. The number of carboxylic acid groups (broad SMARTS) is 1. The molecule has 0 fully saturated rings. The zero-order valence-electron chi connectivity index (χ0n) is 21.0. The number of phenols is 2. The highest BCUT2D eigenvalue weighted by molar-refractivity contribution is 9.10. The van der Waals surface area contributed by atoms with Gasteiger partial charge < -0.3 is 20.1 Å². The number of esters is 1. The Kier molecular flexibility index (Phi) is 7.45. The number of cyclic esters (lactones) is 1. The number of fused-ring (bicyclic) bond motifs is 1. The SMILES string of the molecule is CCc1c(O)cc(Br)c(CC)c1C1(c2c(CC)c(O)cc(Br)c2CC)OC(=O)c2ccc(C(=O)O)cc21. The zero-order valence-corrected chi connectivity index (χ0v) is 24.2. The van der Waals surface area contributed by atoms with Crippen molar-refractivity contribution in [3.63, 3.8) is 0 Å². The first kappa shape index (κ1) is 27.2. The average molecular weight is 632 g/mol. The Morgan fingerprint density at radius 3 is 1.68 bits per heavy atom.